The van der Waals surface area contributed by atoms with Crippen molar-refractivity contribution in [3.63, 3.8) is 0 Å². The van der Waals surface area contributed by atoms with Crippen molar-refractivity contribution in [3.8, 4) is 0 Å². The molecule has 1 fully saturated rings. The molecular weight excluding hydrogens is 212 g/mol. The summed E-state index contributed by atoms with van der Waals surface area (Å²) >= 11 is 0. The van der Waals surface area contributed by atoms with Crippen LogP contribution in [0.15, 0.2) is 10.2 Å². The van der Waals surface area contributed by atoms with E-state index in [9.17, 15) is 4.79 Å². The molecule has 0 aromatic rings. The van der Waals surface area contributed by atoms with Gasteiger partial charge in [0.15, 0.2) is 0 Å². The number of aldehydes is 1. The Morgan fingerprint density at radius 2 is 1.47 bits per heavy atom. The standard InChI is InChI=1S/C8H16N2.C6H10O/c1-3-5-7-9-10-8-6-4-2;7-5-6-3-1-2-4-6/h7-8H,3-6H2,1-2H3;5-6H,1-4H2. The van der Waals surface area contributed by atoms with Crippen LogP contribution in [0.1, 0.15) is 65.2 Å². The molecule has 0 spiro atoms. The van der Waals surface area contributed by atoms with Gasteiger partial charge in [0, 0.05) is 18.3 Å². The second kappa shape index (κ2) is 13.1. The first-order valence-corrected chi connectivity index (χ1v) is 6.83. The van der Waals surface area contributed by atoms with Gasteiger partial charge in [-0.25, -0.2) is 0 Å². The van der Waals surface area contributed by atoms with E-state index in [1.165, 1.54) is 12.8 Å². The van der Waals surface area contributed by atoms with Gasteiger partial charge in [0.25, 0.3) is 0 Å². The van der Waals surface area contributed by atoms with Gasteiger partial charge in [-0.15, -0.1) is 0 Å². The molecule has 1 aliphatic rings. The van der Waals surface area contributed by atoms with E-state index >= 15 is 0 Å². The maximum absolute atomic E-state index is 10.0. The zero-order chi connectivity index (χ0) is 12.8. The van der Waals surface area contributed by atoms with Gasteiger partial charge in [-0.05, 0) is 25.7 Å². The summed E-state index contributed by atoms with van der Waals surface area (Å²) in [7, 11) is 0. The van der Waals surface area contributed by atoms with Crippen LogP contribution >= 0.6 is 0 Å². The topological polar surface area (TPSA) is 41.8 Å². The molecule has 98 valence electrons. The predicted molar refractivity (Wildman–Crippen MR) is 74.8 cm³/mol. The minimum Gasteiger partial charge on any atom is -0.303 e. The Bertz CT molecular complexity index is 204. The molecule has 3 heteroatoms. The fourth-order valence-corrected chi connectivity index (χ4v) is 1.56. The summed E-state index contributed by atoms with van der Waals surface area (Å²) in [6, 6.07) is 0. The Morgan fingerprint density at radius 1 is 1.00 bits per heavy atom. The highest BCUT2D eigenvalue weighted by Gasteiger charge is 2.12. The Labute approximate surface area is 105 Å². The van der Waals surface area contributed by atoms with Crippen LogP contribution in [0.4, 0.5) is 0 Å². The van der Waals surface area contributed by atoms with Gasteiger partial charge in [0.2, 0.25) is 0 Å². The summed E-state index contributed by atoms with van der Waals surface area (Å²) < 4.78 is 0. The lowest BCUT2D eigenvalue weighted by Crippen LogP contribution is -1.91. The molecule has 3 nitrogen and oxygen atoms in total. The fourth-order valence-electron chi connectivity index (χ4n) is 1.56. The Hall–Kier alpha value is -0.990. The van der Waals surface area contributed by atoms with E-state index < -0.39 is 0 Å². The molecule has 0 atom stereocenters. The van der Waals surface area contributed by atoms with E-state index in [-0.39, 0.29) is 0 Å². The van der Waals surface area contributed by atoms with Crippen molar-refractivity contribution in [2.75, 3.05) is 0 Å². The third kappa shape index (κ3) is 11.3. The predicted octanol–water partition coefficient (Wildman–Crippen LogP) is 4.02. The largest absolute Gasteiger partial charge is 0.303 e. The molecule has 0 N–H and O–H groups in total. The van der Waals surface area contributed by atoms with Crippen molar-refractivity contribution in [2.24, 2.45) is 16.1 Å². The summed E-state index contributed by atoms with van der Waals surface area (Å²) in [5, 5.41) is 7.69. The molecule has 0 aromatic carbocycles. The van der Waals surface area contributed by atoms with Gasteiger partial charge in [0.05, 0.1) is 0 Å². The van der Waals surface area contributed by atoms with E-state index in [1.54, 1.807) is 0 Å². The highest BCUT2D eigenvalue weighted by atomic mass is 16.1. The van der Waals surface area contributed by atoms with Crippen LogP contribution in [0.5, 0.6) is 0 Å². The highest BCUT2D eigenvalue weighted by Crippen LogP contribution is 2.21. The quantitative estimate of drug-likeness (QED) is 0.391. The number of carbonyl (C=O) groups excluding carboxylic acids is 1. The van der Waals surface area contributed by atoms with E-state index in [0.29, 0.717) is 5.92 Å². The van der Waals surface area contributed by atoms with Crippen LogP contribution in [-0.4, -0.2) is 18.7 Å². The van der Waals surface area contributed by atoms with Crippen LogP contribution in [0.25, 0.3) is 0 Å². The van der Waals surface area contributed by atoms with E-state index in [1.807, 2.05) is 12.4 Å². The zero-order valence-electron chi connectivity index (χ0n) is 11.3. The second-order valence-corrected chi connectivity index (χ2v) is 4.35. The molecule has 1 aliphatic carbocycles. The summed E-state index contributed by atoms with van der Waals surface area (Å²) in [6.45, 7) is 4.25. The third-order valence-corrected chi connectivity index (χ3v) is 2.66. The van der Waals surface area contributed by atoms with E-state index in [4.69, 9.17) is 0 Å². The molecular formula is C14H26N2O. The Morgan fingerprint density at radius 3 is 1.76 bits per heavy atom. The van der Waals surface area contributed by atoms with Crippen LogP contribution < -0.4 is 0 Å². The molecule has 0 unspecified atom stereocenters. The average Bonchev–Trinajstić information content (AvgIpc) is 2.87. The summed E-state index contributed by atoms with van der Waals surface area (Å²) in [6.07, 6.45) is 14.0. The number of nitrogens with zero attached hydrogens (tertiary/aromatic N) is 2. The molecule has 0 saturated heterocycles. The van der Waals surface area contributed by atoms with Gasteiger partial charge >= 0.3 is 0 Å². The molecule has 0 amide bonds. The molecule has 1 rings (SSSR count). The minimum absolute atomic E-state index is 0.417. The molecule has 0 aromatic heterocycles. The first-order chi connectivity index (χ1) is 8.35. The maximum Gasteiger partial charge on any atom is 0.123 e. The molecule has 0 heterocycles. The lowest BCUT2D eigenvalue weighted by molar-refractivity contribution is -0.110. The minimum atomic E-state index is 0.417. The van der Waals surface area contributed by atoms with Crippen LogP contribution in [-0.2, 0) is 4.79 Å². The van der Waals surface area contributed by atoms with Crippen LogP contribution in [0.3, 0.4) is 0 Å². The van der Waals surface area contributed by atoms with Crippen molar-refractivity contribution in [1.82, 2.24) is 0 Å². The smallest absolute Gasteiger partial charge is 0.123 e. The maximum atomic E-state index is 10.0. The van der Waals surface area contributed by atoms with Crippen molar-refractivity contribution < 1.29 is 4.79 Å². The number of hydrogen-bond donors (Lipinski definition) is 0. The molecule has 0 radical (unpaired) electrons. The van der Waals surface area contributed by atoms with Gasteiger partial charge in [0.1, 0.15) is 6.29 Å². The molecule has 17 heavy (non-hydrogen) atoms. The second-order valence-electron chi connectivity index (χ2n) is 4.35. The van der Waals surface area contributed by atoms with E-state index in [2.05, 4.69) is 24.1 Å². The number of carbonyl (C=O) groups is 1. The van der Waals surface area contributed by atoms with Gasteiger partial charge in [-0.3, -0.25) is 0 Å². The van der Waals surface area contributed by atoms with E-state index in [0.717, 1.165) is 44.8 Å². The number of unbranched alkanes of at least 4 members (excludes halogenated alkanes) is 2. The molecule has 0 bridgehead atoms. The number of hydrogen-bond acceptors (Lipinski definition) is 3. The normalized spacial score (nSPS) is 16.4. The SMILES string of the molecule is CCCC=NN=CCCC.O=CC1CCCC1. The third-order valence-electron chi connectivity index (χ3n) is 2.66. The van der Waals surface area contributed by atoms with Gasteiger partial charge < -0.3 is 4.79 Å². The first-order valence-electron chi connectivity index (χ1n) is 6.83. The lowest BCUT2D eigenvalue weighted by Gasteiger charge is -1.90. The van der Waals surface area contributed by atoms with Crippen LogP contribution in [0, 0.1) is 5.92 Å². The van der Waals surface area contributed by atoms with Crippen molar-refractivity contribution >= 4 is 18.7 Å². The average molecular weight is 238 g/mol. The summed E-state index contributed by atoms with van der Waals surface area (Å²) in [4.78, 5) is 10.0. The lowest BCUT2D eigenvalue weighted by atomic mass is 10.1. The van der Waals surface area contributed by atoms with Gasteiger partial charge in [-0.2, -0.15) is 10.2 Å². The Balaban J connectivity index is 0.000000318. The molecule has 0 aliphatic heterocycles. The zero-order valence-corrected chi connectivity index (χ0v) is 11.3. The Kier molecular flexibility index (Phi) is 12.3. The summed E-state index contributed by atoms with van der Waals surface area (Å²) in [5.74, 6) is 0.417. The monoisotopic (exact) mass is 238 g/mol. The van der Waals surface area contributed by atoms with Crippen LogP contribution in [0.2, 0.25) is 0 Å². The molecule has 1 saturated carbocycles. The summed E-state index contributed by atoms with van der Waals surface area (Å²) in [5.41, 5.74) is 0. The highest BCUT2D eigenvalue weighted by molar-refractivity contribution is 5.61. The fraction of sp³-hybridized carbons (Fsp3) is 0.786. The van der Waals surface area contributed by atoms with Crippen molar-refractivity contribution in [2.45, 2.75) is 65.2 Å². The van der Waals surface area contributed by atoms with Crippen molar-refractivity contribution in [3.05, 3.63) is 0 Å². The number of rotatable bonds is 6. The van der Waals surface area contributed by atoms with Gasteiger partial charge in [-0.1, -0.05) is 39.5 Å². The van der Waals surface area contributed by atoms with Crippen molar-refractivity contribution in [1.29, 1.82) is 0 Å². The first kappa shape index (κ1) is 16.0.